The second-order valence-electron chi connectivity index (χ2n) is 5.17. The minimum Gasteiger partial charge on any atom is -0.313 e. The normalized spacial score (nSPS) is 13.0. The molecule has 0 heterocycles. The molecular formula is C17H22N2O2S. The Morgan fingerprint density at radius 2 is 1.64 bits per heavy atom. The highest BCUT2D eigenvalue weighted by Gasteiger charge is 2.19. The Labute approximate surface area is 132 Å². The Bertz CT molecular complexity index is 700. The molecule has 0 saturated carbocycles. The highest BCUT2D eigenvalue weighted by Crippen LogP contribution is 2.26. The summed E-state index contributed by atoms with van der Waals surface area (Å²) in [6.45, 7) is 5.12. The van der Waals surface area contributed by atoms with Gasteiger partial charge in [0, 0.05) is 18.2 Å². The molecular weight excluding hydrogens is 296 g/mol. The third-order valence-corrected chi connectivity index (χ3v) is 4.88. The molecule has 0 fully saturated rings. The minimum absolute atomic E-state index is 0.0867. The number of benzene rings is 2. The molecule has 2 N–H and O–H groups in total. The van der Waals surface area contributed by atoms with Crippen LogP contribution in [0.3, 0.4) is 0 Å². The lowest BCUT2D eigenvalue weighted by atomic mass is 10.1. The van der Waals surface area contributed by atoms with E-state index in [1.165, 1.54) is 0 Å². The van der Waals surface area contributed by atoms with Crippen molar-refractivity contribution >= 4 is 10.0 Å². The van der Waals surface area contributed by atoms with Crippen molar-refractivity contribution in [2.75, 3.05) is 13.1 Å². The van der Waals surface area contributed by atoms with Crippen LogP contribution in [0.4, 0.5) is 0 Å². The van der Waals surface area contributed by atoms with E-state index in [0.717, 1.165) is 12.1 Å². The highest BCUT2D eigenvalue weighted by atomic mass is 32.2. The van der Waals surface area contributed by atoms with Crippen LogP contribution in [0.15, 0.2) is 59.5 Å². The van der Waals surface area contributed by atoms with Gasteiger partial charge >= 0.3 is 0 Å². The molecule has 0 aliphatic rings. The van der Waals surface area contributed by atoms with Gasteiger partial charge in [-0.25, -0.2) is 13.1 Å². The Balaban J connectivity index is 2.28. The standard InChI is InChI=1S/C17H22N2O2S/c1-3-18-14(2)13-19-22(20,21)17-12-8-7-11-16(17)15-9-5-4-6-10-15/h4-12,14,18-19H,3,13H2,1-2H3/t14-/m1/s1. The summed E-state index contributed by atoms with van der Waals surface area (Å²) in [7, 11) is -3.54. The Hall–Kier alpha value is -1.69. The van der Waals surface area contributed by atoms with Crippen LogP contribution in [-0.2, 0) is 10.0 Å². The van der Waals surface area contributed by atoms with Crippen LogP contribution < -0.4 is 10.0 Å². The molecule has 118 valence electrons. The predicted octanol–water partition coefficient (Wildman–Crippen LogP) is 2.63. The fraction of sp³-hybridized carbons (Fsp3) is 0.294. The highest BCUT2D eigenvalue weighted by molar-refractivity contribution is 7.89. The van der Waals surface area contributed by atoms with E-state index in [1.807, 2.05) is 56.3 Å². The molecule has 0 radical (unpaired) electrons. The topological polar surface area (TPSA) is 58.2 Å². The van der Waals surface area contributed by atoms with Gasteiger partial charge in [0.05, 0.1) is 4.90 Å². The number of hydrogen-bond acceptors (Lipinski definition) is 3. The van der Waals surface area contributed by atoms with Crippen LogP contribution in [-0.4, -0.2) is 27.5 Å². The molecule has 5 heteroatoms. The van der Waals surface area contributed by atoms with Crippen LogP contribution in [0.25, 0.3) is 11.1 Å². The van der Waals surface area contributed by atoms with Gasteiger partial charge in [0.15, 0.2) is 0 Å². The Kier molecular flexibility index (Phi) is 5.71. The zero-order valence-corrected chi connectivity index (χ0v) is 13.7. The van der Waals surface area contributed by atoms with E-state index < -0.39 is 10.0 Å². The summed E-state index contributed by atoms with van der Waals surface area (Å²) in [5, 5.41) is 3.19. The molecule has 22 heavy (non-hydrogen) atoms. The lowest BCUT2D eigenvalue weighted by Gasteiger charge is -2.15. The summed E-state index contributed by atoms with van der Waals surface area (Å²) in [6, 6.07) is 16.7. The molecule has 2 aromatic rings. The molecule has 0 saturated heterocycles. The van der Waals surface area contributed by atoms with Crippen molar-refractivity contribution in [2.45, 2.75) is 24.8 Å². The maximum absolute atomic E-state index is 12.6. The lowest BCUT2D eigenvalue weighted by molar-refractivity contribution is 0.536. The van der Waals surface area contributed by atoms with Crippen LogP contribution in [0, 0.1) is 0 Å². The first-order valence-corrected chi connectivity index (χ1v) is 8.90. The summed E-state index contributed by atoms with van der Waals surface area (Å²) < 4.78 is 27.9. The molecule has 0 spiro atoms. The number of likely N-dealkylation sites (N-methyl/N-ethyl adjacent to an activating group) is 1. The predicted molar refractivity (Wildman–Crippen MR) is 90.2 cm³/mol. The first kappa shape index (κ1) is 16.7. The largest absolute Gasteiger partial charge is 0.313 e. The zero-order valence-electron chi connectivity index (χ0n) is 12.9. The maximum Gasteiger partial charge on any atom is 0.241 e. The van der Waals surface area contributed by atoms with Crippen LogP contribution >= 0.6 is 0 Å². The smallest absolute Gasteiger partial charge is 0.241 e. The number of rotatable bonds is 7. The number of sulfonamides is 1. The minimum atomic E-state index is -3.54. The molecule has 4 nitrogen and oxygen atoms in total. The van der Waals surface area contributed by atoms with Gasteiger partial charge in [0.25, 0.3) is 0 Å². The fourth-order valence-electron chi connectivity index (χ4n) is 2.29. The molecule has 0 aliphatic heterocycles. The molecule has 0 unspecified atom stereocenters. The average molecular weight is 318 g/mol. The summed E-state index contributed by atoms with van der Waals surface area (Å²) in [4.78, 5) is 0.310. The molecule has 0 bridgehead atoms. The SMILES string of the molecule is CCN[C@H](C)CNS(=O)(=O)c1ccccc1-c1ccccc1. The van der Waals surface area contributed by atoms with Crippen molar-refractivity contribution in [2.24, 2.45) is 0 Å². The van der Waals surface area contributed by atoms with Gasteiger partial charge in [-0.15, -0.1) is 0 Å². The first-order valence-electron chi connectivity index (χ1n) is 7.42. The molecule has 0 aliphatic carbocycles. The van der Waals surface area contributed by atoms with E-state index in [0.29, 0.717) is 17.0 Å². The zero-order chi connectivity index (χ0) is 16.0. The van der Waals surface area contributed by atoms with Crippen LogP contribution in [0.2, 0.25) is 0 Å². The summed E-state index contributed by atoms with van der Waals surface area (Å²) in [6.07, 6.45) is 0. The summed E-state index contributed by atoms with van der Waals surface area (Å²) in [5.41, 5.74) is 1.61. The second-order valence-corrected chi connectivity index (χ2v) is 6.91. The van der Waals surface area contributed by atoms with E-state index >= 15 is 0 Å². The van der Waals surface area contributed by atoms with Gasteiger partial charge in [-0.05, 0) is 25.1 Å². The van der Waals surface area contributed by atoms with Crippen molar-refractivity contribution in [3.63, 3.8) is 0 Å². The van der Waals surface area contributed by atoms with E-state index in [9.17, 15) is 8.42 Å². The van der Waals surface area contributed by atoms with Gasteiger partial charge in [-0.2, -0.15) is 0 Å². The Morgan fingerprint density at radius 3 is 2.32 bits per heavy atom. The third kappa shape index (κ3) is 4.16. The molecule has 2 aromatic carbocycles. The summed E-state index contributed by atoms with van der Waals surface area (Å²) in [5.74, 6) is 0. The second kappa shape index (κ2) is 7.54. The summed E-state index contributed by atoms with van der Waals surface area (Å²) >= 11 is 0. The van der Waals surface area contributed by atoms with Crippen LogP contribution in [0.1, 0.15) is 13.8 Å². The van der Waals surface area contributed by atoms with Crippen molar-refractivity contribution in [3.8, 4) is 11.1 Å². The van der Waals surface area contributed by atoms with Crippen molar-refractivity contribution in [1.82, 2.24) is 10.0 Å². The van der Waals surface area contributed by atoms with Gasteiger partial charge in [-0.3, -0.25) is 0 Å². The molecule has 2 rings (SSSR count). The van der Waals surface area contributed by atoms with E-state index in [1.54, 1.807) is 12.1 Å². The van der Waals surface area contributed by atoms with Crippen molar-refractivity contribution < 1.29 is 8.42 Å². The van der Waals surface area contributed by atoms with Crippen molar-refractivity contribution in [1.29, 1.82) is 0 Å². The first-order chi connectivity index (χ1) is 10.5. The van der Waals surface area contributed by atoms with Gasteiger partial charge in [0.1, 0.15) is 0 Å². The van der Waals surface area contributed by atoms with E-state index in [4.69, 9.17) is 0 Å². The quantitative estimate of drug-likeness (QED) is 0.825. The third-order valence-electron chi connectivity index (χ3n) is 3.39. The van der Waals surface area contributed by atoms with Crippen LogP contribution in [0.5, 0.6) is 0 Å². The molecule has 0 aromatic heterocycles. The number of nitrogens with one attached hydrogen (secondary N) is 2. The maximum atomic E-state index is 12.6. The monoisotopic (exact) mass is 318 g/mol. The van der Waals surface area contributed by atoms with Crippen molar-refractivity contribution in [3.05, 3.63) is 54.6 Å². The van der Waals surface area contributed by atoms with Gasteiger partial charge in [0.2, 0.25) is 10.0 Å². The number of hydrogen-bond donors (Lipinski definition) is 2. The average Bonchev–Trinajstić information content (AvgIpc) is 2.54. The molecule has 0 amide bonds. The van der Waals surface area contributed by atoms with E-state index in [-0.39, 0.29) is 6.04 Å². The lowest BCUT2D eigenvalue weighted by Crippen LogP contribution is -2.38. The molecule has 1 atom stereocenters. The van der Waals surface area contributed by atoms with Gasteiger partial charge in [-0.1, -0.05) is 55.5 Å². The fourth-order valence-corrected chi connectivity index (χ4v) is 3.65. The van der Waals surface area contributed by atoms with Gasteiger partial charge < -0.3 is 5.32 Å². The van der Waals surface area contributed by atoms with E-state index in [2.05, 4.69) is 10.0 Å². The Morgan fingerprint density at radius 1 is 1.00 bits per heavy atom.